The van der Waals surface area contributed by atoms with E-state index in [0.29, 0.717) is 5.06 Å². The number of amides is 2. The number of hydroxylamine groups is 2. The van der Waals surface area contributed by atoms with Crippen molar-refractivity contribution in [2.45, 2.75) is 45.1 Å². The largest absolute Gasteiger partial charge is 0.533 e. The van der Waals surface area contributed by atoms with Crippen LogP contribution in [-0.2, 0) is 19.2 Å². The van der Waals surface area contributed by atoms with Gasteiger partial charge < -0.3 is 4.74 Å². The van der Waals surface area contributed by atoms with Crippen molar-refractivity contribution >= 4 is 26.0 Å². The zero-order valence-corrected chi connectivity index (χ0v) is 11.5. The Balaban J connectivity index is 2.50. The summed E-state index contributed by atoms with van der Waals surface area (Å²) in [5, 5.41) is 0.485. The molecule has 0 radical (unpaired) electrons. The summed E-state index contributed by atoms with van der Waals surface area (Å²) in [5.41, 5.74) is -0.247. The summed E-state index contributed by atoms with van der Waals surface area (Å²) in [7, 11) is -1.62. The fourth-order valence-corrected chi connectivity index (χ4v) is 1.52. The zero-order valence-electron chi connectivity index (χ0n) is 10.5. The smallest absolute Gasteiger partial charge is 0.434 e. The number of nitrogens with zero attached hydrogens (tertiary/aromatic N) is 1. The van der Waals surface area contributed by atoms with Crippen molar-refractivity contribution in [1.29, 1.82) is 0 Å². The second kappa shape index (κ2) is 4.87. The highest BCUT2D eigenvalue weighted by Crippen LogP contribution is 2.15. The van der Waals surface area contributed by atoms with E-state index in [9.17, 15) is 14.4 Å². The number of rotatable bonds is 3. The van der Waals surface area contributed by atoms with Crippen molar-refractivity contribution < 1.29 is 24.0 Å². The van der Waals surface area contributed by atoms with Gasteiger partial charge >= 0.3 is 6.16 Å². The maximum atomic E-state index is 11.4. The molecule has 1 heterocycles. The third kappa shape index (κ3) is 3.55. The minimum atomic E-state index is -1.62. The third-order valence-corrected chi connectivity index (χ3v) is 5.22. The van der Waals surface area contributed by atoms with Gasteiger partial charge in [-0.3, -0.25) is 14.4 Å². The quantitative estimate of drug-likeness (QED) is 0.436. The lowest BCUT2D eigenvalue weighted by Gasteiger charge is -2.24. The number of hydrogen-bond acceptors (Lipinski definition) is 5. The van der Waals surface area contributed by atoms with E-state index in [4.69, 9.17) is 4.74 Å². The molecule has 0 saturated carbocycles. The minimum absolute atomic E-state index is 0.0791. The summed E-state index contributed by atoms with van der Waals surface area (Å²) < 4.78 is 5.03. The highest BCUT2D eigenvalue weighted by Gasteiger charge is 2.35. The Hall–Kier alpha value is -1.37. The molecule has 1 unspecified atom stereocenters. The van der Waals surface area contributed by atoms with Crippen molar-refractivity contribution in [3.8, 4) is 0 Å². The Kier molecular flexibility index (Phi) is 3.92. The van der Waals surface area contributed by atoms with Gasteiger partial charge in [-0.05, 0) is 6.92 Å². The summed E-state index contributed by atoms with van der Waals surface area (Å²) in [5.74, 6) is -1.01. The molecule has 2 amide bonds. The lowest BCUT2D eigenvalue weighted by atomic mass is 10.4. The van der Waals surface area contributed by atoms with Gasteiger partial charge in [0.1, 0.15) is 0 Å². The molecule has 1 fully saturated rings. The summed E-state index contributed by atoms with van der Waals surface area (Å²) in [6, 6.07) is 0. The number of hydrogen-bond donors (Lipinski definition) is 0. The van der Waals surface area contributed by atoms with E-state index < -0.39 is 26.0 Å². The second-order valence-corrected chi connectivity index (χ2v) is 10.6. The van der Waals surface area contributed by atoms with Gasteiger partial charge in [0.2, 0.25) is 0 Å². The van der Waals surface area contributed by atoms with Crippen LogP contribution >= 0.6 is 0 Å². The first kappa shape index (κ1) is 13.7. The number of imide groups is 1. The molecule has 1 rings (SSSR count). The Labute approximate surface area is 101 Å². The lowest BCUT2D eigenvalue weighted by molar-refractivity contribution is -0.177. The van der Waals surface area contributed by atoms with E-state index in [0.717, 1.165) is 0 Å². The molecule has 0 aromatic heterocycles. The summed E-state index contributed by atoms with van der Waals surface area (Å²) >= 11 is 0. The van der Waals surface area contributed by atoms with Crippen LogP contribution in [0.3, 0.4) is 0 Å². The second-order valence-electron chi connectivity index (χ2n) is 5.05. The van der Waals surface area contributed by atoms with Gasteiger partial charge in [0.25, 0.3) is 11.8 Å². The van der Waals surface area contributed by atoms with Crippen molar-refractivity contribution in [3.05, 3.63) is 0 Å². The Bertz CT molecular complexity index is 333. The van der Waals surface area contributed by atoms with Crippen LogP contribution in [0.15, 0.2) is 0 Å². The van der Waals surface area contributed by atoms with Crippen LogP contribution in [0.25, 0.3) is 0 Å². The van der Waals surface area contributed by atoms with Gasteiger partial charge in [-0.15, -0.1) is 0 Å². The van der Waals surface area contributed by atoms with Crippen LogP contribution in [-0.4, -0.2) is 36.8 Å². The molecular weight excluding hydrogens is 242 g/mol. The van der Waals surface area contributed by atoms with E-state index in [2.05, 4.69) is 4.84 Å². The molecule has 0 N–H and O–H groups in total. The van der Waals surface area contributed by atoms with E-state index in [1.807, 2.05) is 19.6 Å². The third-order valence-electron chi connectivity index (χ3n) is 2.66. The monoisotopic (exact) mass is 259 g/mol. The van der Waals surface area contributed by atoms with Crippen LogP contribution in [0.2, 0.25) is 19.6 Å². The fraction of sp³-hybridized carbons (Fsp3) is 0.700. The highest BCUT2D eigenvalue weighted by atomic mass is 28.3. The molecule has 96 valence electrons. The van der Waals surface area contributed by atoms with Gasteiger partial charge in [0.15, 0.2) is 0 Å². The molecule has 7 heteroatoms. The maximum absolute atomic E-state index is 11.4. The van der Waals surface area contributed by atoms with Crippen LogP contribution in [0, 0.1) is 0 Å². The van der Waals surface area contributed by atoms with Gasteiger partial charge in [-0.1, -0.05) is 24.7 Å². The lowest BCUT2D eigenvalue weighted by Crippen LogP contribution is -2.41. The molecular formula is C10H17NO5Si. The summed E-state index contributed by atoms with van der Waals surface area (Å²) in [6.07, 6.45) is -0.839. The first-order valence-corrected chi connectivity index (χ1v) is 9.04. The van der Waals surface area contributed by atoms with Gasteiger partial charge in [0.05, 0.1) is 13.8 Å². The predicted molar refractivity (Wildman–Crippen MR) is 61.5 cm³/mol. The van der Waals surface area contributed by atoms with Crippen LogP contribution in [0.1, 0.15) is 19.8 Å². The number of carbonyl (C=O) groups is 3. The van der Waals surface area contributed by atoms with Crippen molar-refractivity contribution in [2.24, 2.45) is 0 Å². The van der Waals surface area contributed by atoms with Gasteiger partial charge in [-0.2, -0.15) is 0 Å². The molecule has 0 aromatic carbocycles. The van der Waals surface area contributed by atoms with Crippen LogP contribution < -0.4 is 0 Å². The normalized spacial score (nSPS) is 18.2. The maximum Gasteiger partial charge on any atom is 0.533 e. The average molecular weight is 259 g/mol. The minimum Gasteiger partial charge on any atom is -0.434 e. The molecule has 1 aliphatic heterocycles. The van der Waals surface area contributed by atoms with Crippen LogP contribution in [0.5, 0.6) is 0 Å². The topological polar surface area (TPSA) is 72.9 Å². The first-order valence-electron chi connectivity index (χ1n) is 5.46. The van der Waals surface area contributed by atoms with Gasteiger partial charge in [0, 0.05) is 12.8 Å². The Morgan fingerprint density at radius 3 is 2.12 bits per heavy atom. The highest BCUT2D eigenvalue weighted by molar-refractivity contribution is 6.77. The Morgan fingerprint density at radius 2 is 1.71 bits per heavy atom. The SMILES string of the molecule is CC(OC(=O)ON1C(=O)CCC1=O)[Si](C)(C)C. The van der Waals surface area contributed by atoms with E-state index in [1.165, 1.54) is 0 Å². The molecule has 0 aromatic rings. The molecule has 1 aliphatic rings. The average Bonchev–Trinajstić information content (AvgIpc) is 2.48. The predicted octanol–water partition coefficient (Wildman–Crippen LogP) is 1.47. The van der Waals surface area contributed by atoms with Crippen molar-refractivity contribution in [3.63, 3.8) is 0 Å². The molecule has 1 saturated heterocycles. The fourth-order valence-electron chi connectivity index (χ4n) is 1.08. The summed E-state index contributed by atoms with van der Waals surface area (Å²) in [6.45, 7) is 7.90. The molecule has 6 nitrogen and oxygen atoms in total. The standard InChI is InChI=1S/C10H17NO5Si/c1-7(17(2,3)4)15-10(14)16-11-8(12)5-6-9(11)13/h7H,5-6H2,1-4H3. The van der Waals surface area contributed by atoms with E-state index >= 15 is 0 Å². The summed E-state index contributed by atoms with van der Waals surface area (Å²) in [4.78, 5) is 38.3. The van der Waals surface area contributed by atoms with Gasteiger partial charge in [-0.25, -0.2) is 4.79 Å². The zero-order chi connectivity index (χ0) is 13.2. The van der Waals surface area contributed by atoms with E-state index in [-0.39, 0.29) is 18.6 Å². The van der Waals surface area contributed by atoms with Crippen molar-refractivity contribution in [2.75, 3.05) is 0 Å². The molecule has 1 atom stereocenters. The first-order chi connectivity index (χ1) is 7.71. The molecule has 0 aliphatic carbocycles. The number of carbonyl (C=O) groups excluding carboxylic acids is 3. The number of ether oxygens (including phenoxy) is 1. The molecule has 0 bridgehead atoms. The Morgan fingerprint density at radius 1 is 1.24 bits per heavy atom. The molecule has 17 heavy (non-hydrogen) atoms. The van der Waals surface area contributed by atoms with E-state index in [1.54, 1.807) is 6.92 Å². The van der Waals surface area contributed by atoms with Crippen LogP contribution in [0.4, 0.5) is 4.79 Å². The molecule has 0 spiro atoms. The van der Waals surface area contributed by atoms with Crippen molar-refractivity contribution in [1.82, 2.24) is 5.06 Å².